The van der Waals surface area contributed by atoms with E-state index in [1.165, 1.54) is 23.8 Å². The van der Waals surface area contributed by atoms with Crippen molar-refractivity contribution in [3.8, 4) is 0 Å². The average molecular weight is 426 g/mol. The molecule has 1 N–H and O–H groups in total. The topological polar surface area (TPSA) is 52.7 Å². The number of hydrogen-bond acceptors (Lipinski definition) is 4. The van der Waals surface area contributed by atoms with Gasteiger partial charge in [0.25, 0.3) is 5.91 Å². The Morgan fingerprint density at radius 2 is 1.85 bits per heavy atom. The normalized spacial score (nSPS) is 15.4. The van der Waals surface area contributed by atoms with Crippen LogP contribution < -0.4 is 5.32 Å². The van der Waals surface area contributed by atoms with Gasteiger partial charge in [-0.3, -0.25) is 14.5 Å². The summed E-state index contributed by atoms with van der Waals surface area (Å²) >= 11 is 13.3. The molecule has 0 radical (unpaired) electrons. The number of nitrogens with one attached hydrogen (secondary N) is 1. The lowest BCUT2D eigenvalue weighted by Gasteiger charge is -2.22. The molecule has 0 unspecified atom stereocenters. The first-order valence-corrected chi connectivity index (χ1v) is 10.3. The number of benzene rings is 1. The van der Waals surface area contributed by atoms with Crippen molar-refractivity contribution in [3.63, 3.8) is 0 Å². The van der Waals surface area contributed by atoms with Crippen LogP contribution in [0.1, 0.15) is 29.3 Å². The maximum Gasteiger partial charge on any atom is 0.256 e. The van der Waals surface area contributed by atoms with Gasteiger partial charge in [-0.15, -0.1) is 11.3 Å². The Hall–Kier alpha value is -1.60. The van der Waals surface area contributed by atoms with Gasteiger partial charge in [-0.2, -0.15) is 0 Å². The second-order valence-electron chi connectivity index (χ2n) is 6.54. The van der Waals surface area contributed by atoms with E-state index in [-0.39, 0.29) is 11.8 Å². The molecule has 1 aliphatic heterocycles. The zero-order valence-electron chi connectivity index (χ0n) is 15.0. The van der Waals surface area contributed by atoms with E-state index in [2.05, 4.69) is 10.2 Å². The number of hydrogen-bond donors (Lipinski definition) is 1. The fourth-order valence-electron chi connectivity index (χ4n) is 3.14. The number of halogens is 2. The van der Waals surface area contributed by atoms with Crippen molar-refractivity contribution < 1.29 is 9.59 Å². The van der Waals surface area contributed by atoms with Crippen molar-refractivity contribution in [2.45, 2.75) is 19.9 Å². The molecular formula is C19H21Cl2N3O2S. The van der Waals surface area contributed by atoms with Gasteiger partial charge in [0.1, 0.15) is 4.34 Å². The number of anilines is 1. The molecule has 144 valence electrons. The Kier molecular flexibility index (Phi) is 6.76. The van der Waals surface area contributed by atoms with Crippen LogP contribution in [0.25, 0.3) is 0 Å². The smallest absolute Gasteiger partial charge is 0.256 e. The molecule has 2 aromatic rings. The minimum Gasteiger partial charge on any atom is -0.337 e. The Bertz CT molecular complexity index is 823. The Morgan fingerprint density at radius 3 is 2.48 bits per heavy atom. The monoisotopic (exact) mass is 425 g/mol. The molecule has 1 fully saturated rings. The predicted octanol–water partition coefficient (Wildman–Crippen LogP) is 4.36. The summed E-state index contributed by atoms with van der Waals surface area (Å²) in [4.78, 5) is 28.0. The summed E-state index contributed by atoms with van der Waals surface area (Å²) in [6, 6.07) is 9.51. The van der Waals surface area contributed by atoms with E-state index < -0.39 is 0 Å². The molecule has 2 amide bonds. The Labute approximate surface area is 172 Å². The number of carbonyl (C=O) groups is 2. The second-order valence-corrected chi connectivity index (χ2v) is 8.82. The molecule has 1 aromatic heterocycles. The van der Waals surface area contributed by atoms with Gasteiger partial charge < -0.3 is 10.2 Å². The van der Waals surface area contributed by atoms with Crippen LogP contribution in [0.2, 0.25) is 8.67 Å². The predicted molar refractivity (Wildman–Crippen MR) is 111 cm³/mol. The Balaban J connectivity index is 1.57. The maximum absolute atomic E-state index is 12.7. The largest absolute Gasteiger partial charge is 0.337 e. The van der Waals surface area contributed by atoms with Crippen LogP contribution in [0.4, 0.5) is 5.69 Å². The fraction of sp³-hybridized carbons (Fsp3) is 0.368. The minimum atomic E-state index is -0.0768. The van der Waals surface area contributed by atoms with Gasteiger partial charge in [0.15, 0.2) is 0 Å². The zero-order valence-corrected chi connectivity index (χ0v) is 17.3. The number of rotatable bonds is 4. The lowest BCUT2D eigenvalue weighted by molar-refractivity contribution is -0.114. The van der Waals surface area contributed by atoms with Gasteiger partial charge in [-0.25, -0.2) is 0 Å². The first-order chi connectivity index (χ1) is 12.9. The van der Waals surface area contributed by atoms with E-state index in [1.54, 1.807) is 6.07 Å². The molecule has 5 nitrogen and oxygen atoms in total. The van der Waals surface area contributed by atoms with Crippen LogP contribution in [-0.4, -0.2) is 47.8 Å². The van der Waals surface area contributed by atoms with Gasteiger partial charge in [0.05, 0.1) is 9.90 Å². The molecule has 8 heteroatoms. The van der Waals surface area contributed by atoms with E-state index in [1.807, 2.05) is 29.2 Å². The van der Waals surface area contributed by atoms with E-state index in [0.29, 0.717) is 27.3 Å². The van der Waals surface area contributed by atoms with E-state index in [0.717, 1.165) is 31.7 Å². The highest BCUT2D eigenvalue weighted by Gasteiger charge is 2.23. The van der Waals surface area contributed by atoms with Gasteiger partial charge >= 0.3 is 0 Å². The van der Waals surface area contributed by atoms with Crippen molar-refractivity contribution in [2.75, 3.05) is 31.5 Å². The molecule has 0 bridgehead atoms. The summed E-state index contributed by atoms with van der Waals surface area (Å²) in [5, 5.41) is 2.77. The van der Waals surface area contributed by atoms with Gasteiger partial charge in [-0.1, -0.05) is 35.3 Å². The standard InChI is InChI=1S/C19H21Cl2N3O2S/c1-13(25)22-15-5-3-14(4-6-15)12-23-7-2-8-24(10-9-23)19(26)16-11-17(20)27-18(16)21/h3-6,11H,2,7-10,12H2,1H3,(H,22,25). The first-order valence-electron chi connectivity index (χ1n) is 8.75. The van der Waals surface area contributed by atoms with Crippen molar-refractivity contribution in [1.82, 2.24) is 9.80 Å². The zero-order chi connectivity index (χ0) is 19.4. The highest BCUT2D eigenvalue weighted by atomic mass is 35.5. The average Bonchev–Trinajstić information content (AvgIpc) is 2.81. The summed E-state index contributed by atoms with van der Waals surface area (Å²) in [5.74, 6) is -0.128. The summed E-state index contributed by atoms with van der Waals surface area (Å²) < 4.78 is 0.980. The van der Waals surface area contributed by atoms with Crippen molar-refractivity contribution in [3.05, 3.63) is 50.1 Å². The van der Waals surface area contributed by atoms with Crippen LogP contribution in [0.5, 0.6) is 0 Å². The van der Waals surface area contributed by atoms with E-state index >= 15 is 0 Å². The van der Waals surface area contributed by atoms with Gasteiger partial charge in [0.2, 0.25) is 5.91 Å². The number of amides is 2. The third-order valence-corrected chi connectivity index (χ3v) is 5.93. The fourth-order valence-corrected chi connectivity index (χ4v) is 4.59. The quantitative estimate of drug-likeness (QED) is 0.791. The van der Waals surface area contributed by atoms with Gasteiger partial charge in [0, 0.05) is 45.3 Å². The van der Waals surface area contributed by atoms with Crippen LogP contribution in [0.3, 0.4) is 0 Å². The van der Waals surface area contributed by atoms with Crippen molar-refractivity contribution >= 4 is 52.0 Å². The molecule has 2 heterocycles. The first kappa shape index (κ1) is 20.1. The molecule has 0 saturated carbocycles. The molecular weight excluding hydrogens is 405 g/mol. The van der Waals surface area contributed by atoms with Crippen molar-refractivity contribution in [2.24, 2.45) is 0 Å². The number of nitrogens with zero attached hydrogens (tertiary/aromatic N) is 2. The van der Waals surface area contributed by atoms with Crippen LogP contribution in [0.15, 0.2) is 30.3 Å². The number of carbonyl (C=O) groups excluding carboxylic acids is 2. The molecule has 1 aromatic carbocycles. The van der Waals surface area contributed by atoms with E-state index in [4.69, 9.17) is 23.2 Å². The maximum atomic E-state index is 12.7. The second kappa shape index (κ2) is 9.06. The highest BCUT2D eigenvalue weighted by Crippen LogP contribution is 2.32. The molecule has 1 saturated heterocycles. The highest BCUT2D eigenvalue weighted by molar-refractivity contribution is 7.20. The SMILES string of the molecule is CC(=O)Nc1ccc(CN2CCCN(C(=O)c3cc(Cl)sc3Cl)CC2)cc1. The van der Waals surface area contributed by atoms with Gasteiger partial charge in [-0.05, 0) is 30.2 Å². The summed E-state index contributed by atoms with van der Waals surface area (Å²) in [6.07, 6.45) is 0.908. The van der Waals surface area contributed by atoms with E-state index in [9.17, 15) is 9.59 Å². The molecule has 0 atom stereocenters. The summed E-state index contributed by atoms with van der Waals surface area (Å²) in [5.41, 5.74) is 2.47. The minimum absolute atomic E-state index is 0.0512. The third kappa shape index (κ3) is 5.45. The molecule has 0 spiro atoms. The third-order valence-electron chi connectivity index (χ3n) is 4.44. The summed E-state index contributed by atoms with van der Waals surface area (Å²) in [6.45, 7) is 5.40. The number of thiophene rings is 1. The molecule has 0 aliphatic carbocycles. The molecule has 3 rings (SSSR count). The summed E-state index contributed by atoms with van der Waals surface area (Å²) in [7, 11) is 0. The van der Waals surface area contributed by atoms with Crippen molar-refractivity contribution in [1.29, 1.82) is 0 Å². The van der Waals surface area contributed by atoms with Crippen LogP contribution in [-0.2, 0) is 11.3 Å². The Morgan fingerprint density at radius 1 is 1.11 bits per heavy atom. The van der Waals surface area contributed by atoms with Crippen LogP contribution >= 0.6 is 34.5 Å². The lowest BCUT2D eigenvalue weighted by Crippen LogP contribution is -2.35. The molecule has 1 aliphatic rings. The lowest BCUT2D eigenvalue weighted by atomic mass is 10.2. The van der Waals surface area contributed by atoms with Crippen LogP contribution in [0, 0.1) is 0 Å². The molecule has 27 heavy (non-hydrogen) atoms.